The van der Waals surface area contributed by atoms with Gasteiger partial charge in [-0.15, -0.1) is 0 Å². The molecule has 1 aliphatic heterocycles. The van der Waals surface area contributed by atoms with Gasteiger partial charge in [0.1, 0.15) is 19.0 Å². The van der Waals surface area contributed by atoms with Crippen molar-refractivity contribution in [3.05, 3.63) is 98.4 Å². The summed E-state index contributed by atoms with van der Waals surface area (Å²) in [5.41, 5.74) is 5.02. The molecule has 0 fully saturated rings. The summed E-state index contributed by atoms with van der Waals surface area (Å²) in [5, 5.41) is 20.2. The lowest BCUT2D eigenvalue weighted by molar-refractivity contribution is -0.136. The van der Waals surface area contributed by atoms with Crippen LogP contribution in [0.15, 0.2) is 71.0 Å². The molecular weight excluding hydrogens is 630 g/mol. The van der Waals surface area contributed by atoms with Crippen molar-refractivity contribution in [2.24, 2.45) is 5.10 Å². The number of nitrogens with zero attached hydrogens (tertiary/aromatic N) is 1. The molecule has 0 saturated carbocycles. The number of amides is 2. The normalized spacial score (nSPS) is 15.3. The fraction of sp³-hybridized carbons (Fsp3) is 0.258. The van der Waals surface area contributed by atoms with E-state index in [-0.39, 0.29) is 40.4 Å². The van der Waals surface area contributed by atoms with E-state index in [1.165, 1.54) is 25.5 Å². The van der Waals surface area contributed by atoms with Crippen molar-refractivity contribution in [3.8, 4) is 17.2 Å². The SMILES string of the molecule is CCOc1cc([C@@H]2NC(=O)NC(C)=C2C(=O)OC)ccc1OC[C@@H](O)N/N=C\c1cc(Cl)c(OCc2ccc(F)cc2)c(Cl)c1. The lowest BCUT2D eigenvalue weighted by atomic mass is 9.95. The van der Waals surface area contributed by atoms with Crippen LogP contribution < -0.4 is 30.3 Å². The summed E-state index contributed by atoms with van der Waals surface area (Å²) in [6, 6.07) is 12.7. The van der Waals surface area contributed by atoms with E-state index in [2.05, 4.69) is 21.2 Å². The van der Waals surface area contributed by atoms with E-state index in [0.29, 0.717) is 34.9 Å². The number of ether oxygens (including phenoxy) is 4. The van der Waals surface area contributed by atoms with E-state index < -0.39 is 24.3 Å². The first-order valence-corrected chi connectivity index (χ1v) is 14.4. The number of carbonyl (C=O) groups excluding carboxylic acids is 2. The highest BCUT2D eigenvalue weighted by Crippen LogP contribution is 2.36. The second-order valence-electron chi connectivity index (χ2n) is 9.64. The minimum absolute atomic E-state index is 0.147. The summed E-state index contributed by atoms with van der Waals surface area (Å²) >= 11 is 12.7. The smallest absolute Gasteiger partial charge is 0.337 e. The number of allylic oxidation sites excluding steroid dienone is 1. The summed E-state index contributed by atoms with van der Waals surface area (Å²) in [4.78, 5) is 24.6. The number of carbonyl (C=O) groups is 2. The quantitative estimate of drug-likeness (QED) is 0.0846. The van der Waals surface area contributed by atoms with Crippen LogP contribution in [0.1, 0.15) is 36.6 Å². The molecule has 0 aromatic heterocycles. The van der Waals surface area contributed by atoms with E-state index in [9.17, 15) is 19.1 Å². The van der Waals surface area contributed by atoms with Crippen LogP contribution in [-0.2, 0) is 16.1 Å². The van der Waals surface area contributed by atoms with Gasteiger partial charge in [0.15, 0.2) is 23.5 Å². The number of hydrazone groups is 1. The van der Waals surface area contributed by atoms with Crippen molar-refractivity contribution >= 4 is 41.4 Å². The number of halogens is 3. The topological polar surface area (TPSA) is 140 Å². The fourth-order valence-corrected chi connectivity index (χ4v) is 4.96. The second-order valence-corrected chi connectivity index (χ2v) is 10.5. The minimum Gasteiger partial charge on any atom is -0.490 e. The molecule has 0 aliphatic carbocycles. The first kappa shape index (κ1) is 33.4. The second kappa shape index (κ2) is 15.5. The van der Waals surface area contributed by atoms with Gasteiger partial charge < -0.3 is 34.7 Å². The Morgan fingerprint density at radius 3 is 2.47 bits per heavy atom. The Hall–Kier alpha value is -4.52. The molecule has 0 radical (unpaired) electrons. The average Bonchev–Trinajstić information content (AvgIpc) is 3.00. The van der Waals surface area contributed by atoms with Crippen molar-refractivity contribution in [1.29, 1.82) is 0 Å². The van der Waals surface area contributed by atoms with Gasteiger partial charge in [-0.2, -0.15) is 5.10 Å². The molecule has 2 atom stereocenters. The first-order valence-electron chi connectivity index (χ1n) is 13.7. The third-order valence-corrected chi connectivity index (χ3v) is 6.99. The number of esters is 1. The summed E-state index contributed by atoms with van der Waals surface area (Å²) in [7, 11) is 1.26. The molecule has 4 N–H and O–H groups in total. The third-order valence-electron chi connectivity index (χ3n) is 6.43. The van der Waals surface area contributed by atoms with Crippen LogP contribution in [-0.4, -0.2) is 49.9 Å². The Morgan fingerprint density at radius 1 is 1.09 bits per heavy atom. The van der Waals surface area contributed by atoms with Gasteiger partial charge in [0, 0.05) is 5.70 Å². The summed E-state index contributed by atoms with van der Waals surface area (Å²) in [6.45, 7) is 3.66. The van der Waals surface area contributed by atoms with Crippen molar-refractivity contribution in [2.45, 2.75) is 32.7 Å². The van der Waals surface area contributed by atoms with Crippen LogP contribution in [0, 0.1) is 5.82 Å². The van der Waals surface area contributed by atoms with Gasteiger partial charge in [-0.3, -0.25) is 5.43 Å². The third kappa shape index (κ3) is 8.78. The number of urea groups is 1. The molecule has 3 aromatic carbocycles. The molecule has 0 bridgehead atoms. The number of methoxy groups -OCH3 is 1. The van der Waals surface area contributed by atoms with Crippen LogP contribution in [0.3, 0.4) is 0 Å². The molecule has 2 amide bonds. The zero-order valence-electron chi connectivity index (χ0n) is 24.5. The van der Waals surface area contributed by atoms with Crippen molar-refractivity contribution in [3.63, 3.8) is 0 Å². The standard InChI is InChI=1S/C31H31Cl2FN4O7/c1-4-43-25-13-20(28-27(30(40)42-3)17(2)36-31(41)37-28)7-10-24(25)44-16-26(39)38-35-14-19-11-22(32)29(23(33)12-19)45-15-18-5-8-21(34)9-6-18/h5-14,26,28,38-39H,4,15-16H2,1-3H3,(H2,36,37,41)/b35-14-/t26-,28+/m1/s1. The summed E-state index contributed by atoms with van der Waals surface area (Å²) < 4.78 is 35.2. The zero-order chi connectivity index (χ0) is 32.5. The molecular formula is C31H31Cl2FN4O7. The first-order chi connectivity index (χ1) is 21.6. The van der Waals surface area contributed by atoms with Gasteiger partial charge in [-0.25, -0.2) is 14.0 Å². The van der Waals surface area contributed by atoms with Gasteiger partial charge in [0.2, 0.25) is 0 Å². The van der Waals surface area contributed by atoms with Crippen LogP contribution in [0.25, 0.3) is 0 Å². The predicted octanol–water partition coefficient (Wildman–Crippen LogP) is 5.23. The molecule has 1 aliphatic rings. The molecule has 0 unspecified atom stereocenters. The van der Waals surface area contributed by atoms with E-state index >= 15 is 0 Å². The van der Waals surface area contributed by atoms with Crippen LogP contribution >= 0.6 is 23.2 Å². The van der Waals surface area contributed by atoms with E-state index in [1.54, 1.807) is 56.3 Å². The number of aliphatic hydroxyl groups is 1. The van der Waals surface area contributed by atoms with Crippen LogP contribution in [0.4, 0.5) is 9.18 Å². The number of nitrogens with one attached hydrogen (secondary N) is 3. The number of aliphatic hydroxyl groups excluding tert-OH is 1. The van der Waals surface area contributed by atoms with Crippen LogP contribution in [0.5, 0.6) is 17.2 Å². The maximum Gasteiger partial charge on any atom is 0.337 e. The largest absolute Gasteiger partial charge is 0.490 e. The van der Waals surface area contributed by atoms with Gasteiger partial charge in [0.25, 0.3) is 0 Å². The Balaban J connectivity index is 1.37. The molecule has 4 rings (SSSR count). The van der Waals surface area contributed by atoms with Crippen molar-refractivity contribution < 1.29 is 38.0 Å². The van der Waals surface area contributed by atoms with Crippen LogP contribution in [0.2, 0.25) is 10.0 Å². The highest BCUT2D eigenvalue weighted by molar-refractivity contribution is 6.37. The summed E-state index contributed by atoms with van der Waals surface area (Å²) in [6.07, 6.45) is 0.201. The molecule has 14 heteroatoms. The molecule has 3 aromatic rings. The Morgan fingerprint density at radius 2 is 1.80 bits per heavy atom. The molecule has 11 nitrogen and oxygen atoms in total. The maximum absolute atomic E-state index is 13.1. The Bertz CT molecular complexity index is 1580. The van der Waals surface area contributed by atoms with Gasteiger partial charge in [0.05, 0.1) is 41.6 Å². The number of hydrogen-bond donors (Lipinski definition) is 4. The Labute approximate surface area is 268 Å². The Kier molecular flexibility index (Phi) is 11.5. The van der Waals surface area contributed by atoms with Gasteiger partial charge in [-0.1, -0.05) is 41.4 Å². The predicted molar refractivity (Wildman–Crippen MR) is 166 cm³/mol. The molecule has 0 spiro atoms. The summed E-state index contributed by atoms with van der Waals surface area (Å²) in [5.74, 6) is -0.00356. The number of hydrogen-bond acceptors (Lipinski definition) is 9. The van der Waals surface area contributed by atoms with E-state index in [4.69, 9.17) is 42.1 Å². The molecule has 238 valence electrons. The van der Waals surface area contributed by atoms with E-state index in [0.717, 1.165) is 5.56 Å². The van der Waals surface area contributed by atoms with Gasteiger partial charge in [-0.05, 0) is 66.9 Å². The number of benzene rings is 3. The molecule has 0 saturated heterocycles. The highest BCUT2D eigenvalue weighted by atomic mass is 35.5. The monoisotopic (exact) mass is 660 g/mol. The fourth-order valence-electron chi connectivity index (χ4n) is 4.35. The molecule has 45 heavy (non-hydrogen) atoms. The highest BCUT2D eigenvalue weighted by Gasteiger charge is 2.32. The zero-order valence-corrected chi connectivity index (χ0v) is 26.0. The van der Waals surface area contributed by atoms with E-state index in [1.807, 2.05) is 0 Å². The lowest BCUT2D eigenvalue weighted by Gasteiger charge is -2.28. The van der Waals surface area contributed by atoms with Crippen molar-refractivity contribution in [1.82, 2.24) is 16.1 Å². The minimum atomic E-state index is -1.21. The maximum atomic E-state index is 13.1. The molecule has 1 heterocycles. The average molecular weight is 662 g/mol. The van der Waals surface area contributed by atoms with Gasteiger partial charge >= 0.3 is 12.0 Å². The van der Waals surface area contributed by atoms with Crippen molar-refractivity contribution in [2.75, 3.05) is 20.3 Å². The lowest BCUT2D eigenvalue weighted by Crippen LogP contribution is -2.45. The number of rotatable bonds is 13.